The molecule has 7 heteroatoms. The number of piperazine rings is 1. The van der Waals surface area contributed by atoms with Gasteiger partial charge in [0, 0.05) is 37.2 Å². The third kappa shape index (κ3) is 4.30. The molecule has 0 atom stereocenters. The quantitative estimate of drug-likeness (QED) is 0.766. The van der Waals surface area contributed by atoms with E-state index in [0.29, 0.717) is 18.7 Å². The van der Waals surface area contributed by atoms with Gasteiger partial charge in [-0.3, -0.25) is 4.79 Å². The molecule has 1 aromatic heterocycles. The van der Waals surface area contributed by atoms with Gasteiger partial charge in [0.15, 0.2) is 6.61 Å². The van der Waals surface area contributed by atoms with Crippen molar-refractivity contribution in [1.82, 2.24) is 4.90 Å². The Morgan fingerprint density at radius 2 is 1.80 bits per heavy atom. The van der Waals surface area contributed by atoms with E-state index in [1.807, 2.05) is 24.3 Å². The number of anilines is 1. The predicted octanol–water partition coefficient (Wildman–Crippen LogP) is 2.26. The average Bonchev–Trinajstić information content (AvgIpc) is 3.21. The van der Waals surface area contributed by atoms with Crippen molar-refractivity contribution in [2.45, 2.75) is 0 Å². The zero-order valence-corrected chi connectivity index (χ0v) is 14.8. The summed E-state index contributed by atoms with van der Waals surface area (Å²) in [7, 11) is 1.64. The number of ether oxygens (including phenoxy) is 2. The molecule has 1 amide bonds. The van der Waals surface area contributed by atoms with Crippen LogP contribution in [0.4, 0.5) is 5.69 Å². The van der Waals surface area contributed by atoms with E-state index in [1.165, 1.54) is 11.3 Å². The van der Waals surface area contributed by atoms with Gasteiger partial charge >= 0.3 is 5.97 Å². The normalized spacial score (nSPS) is 14.3. The molecule has 0 unspecified atom stereocenters. The molecule has 0 N–H and O–H groups in total. The highest BCUT2D eigenvalue weighted by Crippen LogP contribution is 2.20. The zero-order valence-electron chi connectivity index (χ0n) is 14.0. The van der Waals surface area contributed by atoms with Crippen LogP contribution in [-0.4, -0.2) is 56.7 Å². The van der Waals surface area contributed by atoms with Crippen molar-refractivity contribution in [1.29, 1.82) is 0 Å². The summed E-state index contributed by atoms with van der Waals surface area (Å²) in [4.78, 5) is 28.0. The number of methoxy groups -OCH3 is 1. The van der Waals surface area contributed by atoms with Crippen molar-refractivity contribution in [2.24, 2.45) is 0 Å². The number of benzene rings is 1. The van der Waals surface area contributed by atoms with Crippen LogP contribution in [0.25, 0.3) is 0 Å². The van der Waals surface area contributed by atoms with Crippen LogP contribution < -0.4 is 9.64 Å². The van der Waals surface area contributed by atoms with Gasteiger partial charge in [-0.1, -0.05) is 0 Å². The molecule has 0 aliphatic carbocycles. The molecule has 0 saturated carbocycles. The van der Waals surface area contributed by atoms with E-state index >= 15 is 0 Å². The van der Waals surface area contributed by atoms with E-state index in [2.05, 4.69) is 4.90 Å². The number of amides is 1. The Morgan fingerprint density at radius 3 is 2.40 bits per heavy atom. The van der Waals surface area contributed by atoms with Gasteiger partial charge < -0.3 is 19.3 Å². The Labute approximate surface area is 150 Å². The molecule has 2 aromatic rings. The molecule has 132 valence electrons. The Balaban J connectivity index is 1.46. The number of carbonyl (C=O) groups excluding carboxylic acids is 2. The molecule has 2 heterocycles. The van der Waals surface area contributed by atoms with Crippen LogP contribution in [0.2, 0.25) is 0 Å². The van der Waals surface area contributed by atoms with Gasteiger partial charge in [-0.25, -0.2) is 4.79 Å². The summed E-state index contributed by atoms with van der Waals surface area (Å²) in [6.07, 6.45) is 0. The van der Waals surface area contributed by atoms with Crippen molar-refractivity contribution < 1.29 is 19.1 Å². The SMILES string of the molecule is COc1ccc(N2CCN(C(=O)COC(=O)c3ccsc3)CC2)cc1. The molecular weight excluding hydrogens is 340 g/mol. The smallest absolute Gasteiger partial charge is 0.339 e. The van der Waals surface area contributed by atoms with Crippen LogP contribution >= 0.6 is 11.3 Å². The Hall–Kier alpha value is -2.54. The molecule has 1 aliphatic heterocycles. The van der Waals surface area contributed by atoms with Crippen LogP contribution in [0.15, 0.2) is 41.1 Å². The Morgan fingerprint density at radius 1 is 1.08 bits per heavy atom. The summed E-state index contributed by atoms with van der Waals surface area (Å²) < 4.78 is 10.3. The predicted molar refractivity (Wildman–Crippen MR) is 96.4 cm³/mol. The Bertz CT molecular complexity index is 707. The number of carbonyl (C=O) groups is 2. The molecule has 1 aliphatic rings. The van der Waals surface area contributed by atoms with Crippen LogP contribution in [0.3, 0.4) is 0 Å². The minimum atomic E-state index is -0.452. The number of esters is 1. The van der Waals surface area contributed by atoms with E-state index in [1.54, 1.807) is 28.8 Å². The molecule has 1 saturated heterocycles. The molecular formula is C18H20N2O4S. The molecule has 0 radical (unpaired) electrons. The topological polar surface area (TPSA) is 59.1 Å². The lowest BCUT2D eigenvalue weighted by atomic mass is 10.2. The van der Waals surface area contributed by atoms with E-state index < -0.39 is 5.97 Å². The standard InChI is InChI=1S/C18H20N2O4S/c1-23-16-4-2-15(3-5-16)19-7-9-20(10-8-19)17(21)12-24-18(22)14-6-11-25-13-14/h2-6,11,13H,7-10,12H2,1H3. The molecule has 0 spiro atoms. The average molecular weight is 360 g/mol. The van der Waals surface area contributed by atoms with E-state index in [-0.39, 0.29) is 12.5 Å². The van der Waals surface area contributed by atoms with Gasteiger partial charge in [0.25, 0.3) is 5.91 Å². The Kier molecular flexibility index (Phi) is 5.55. The van der Waals surface area contributed by atoms with Crippen LogP contribution in [0.1, 0.15) is 10.4 Å². The fourth-order valence-corrected chi connectivity index (χ4v) is 3.31. The molecule has 1 aromatic carbocycles. The van der Waals surface area contributed by atoms with Gasteiger partial charge in [0.1, 0.15) is 5.75 Å². The van der Waals surface area contributed by atoms with Gasteiger partial charge in [0.2, 0.25) is 0 Å². The van der Waals surface area contributed by atoms with Crippen LogP contribution in [-0.2, 0) is 9.53 Å². The number of nitrogens with zero attached hydrogens (tertiary/aromatic N) is 2. The fraction of sp³-hybridized carbons (Fsp3) is 0.333. The summed E-state index contributed by atoms with van der Waals surface area (Å²) in [5, 5.41) is 3.51. The maximum Gasteiger partial charge on any atom is 0.339 e. The summed E-state index contributed by atoms with van der Waals surface area (Å²) in [5.41, 5.74) is 1.60. The summed E-state index contributed by atoms with van der Waals surface area (Å²) >= 11 is 1.42. The number of hydrogen-bond donors (Lipinski definition) is 0. The number of rotatable bonds is 5. The van der Waals surface area contributed by atoms with E-state index in [4.69, 9.17) is 9.47 Å². The zero-order chi connectivity index (χ0) is 17.6. The first kappa shape index (κ1) is 17.3. The van der Waals surface area contributed by atoms with Gasteiger partial charge in [-0.15, -0.1) is 0 Å². The van der Waals surface area contributed by atoms with Crippen molar-refractivity contribution in [3.05, 3.63) is 46.7 Å². The van der Waals surface area contributed by atoms with Gasteiger partial charge in [-0.05, 0) is 35.7 Å². The molecule has 1 fully saturated rings. The minimum Gasteiger partial charge on any atom is -0.497 e. The van der Waals surface area contributed by atoms with Crippen molar-refractivity contribution >= 4 is 28.9 Å². The van der Waals surface area contributed by atoms with Crippen molar-refractivity contribution in [3.63, 3.8) is 0 Å². The maximum atomic E-state index is 12.2. The highest BCUT2D eigenvalue weighted by molar-refractivity contribution is 7.08. The third-order valence-corrected chi connectivity index (χ3v) is 4.84. The summed E-state index contributed by atoms with van der Waals surface area (Å²) in [6, 6.07) is 9.57. The lowest BCUT2D eigenvalue weighted by Crippen LogP contribution is -2.49. The first-order valence-electron chi connectivity index (χ1n) is 8.03. The van der Waals surface area contributed by atoms with E-state index in [0.717, 1.165) is 24.5 Å². The fourth-order valence-electron chi connectivity index (χ4n) is 2.69. The molecule has 0 bridgehead atoms. The monoisotopic (exact) mass is 360 g/mol. The largest absolute Gasteiger partial charge is 0.497 e. The summed E-state index contributed by atoms with van der Waals surface area (Å²) in [6.45, 7) is 2.51. The van der Waals surface area contributed by atoms with Crippen molar-refractivity contribution in [2.75, 3.05) is 44.8 Å². The molecule has 25 heavy (non-hydrogen) atoms. The first-order chi connectivity index (χ1) is 12.2. The highest BCUT2D eigenvalue weighted by Gasteiger charge is 2.22. The second-order valence-electron chi connectivity index (χ2n) is 5.65. The lowest BCUT2D eigenvalue weighted by Gasteiger charge is -2.36. The molecule has 3 rings (SSSR count). The summed E-state index contributed by atoms with van der Waals surface area (Å²) in [5.74, 6) is 0.217. The second kappa shape index (κ2) is 8.02. The lowest BCUT2D eigenvalue weighted by molar-refractivity contribution is -0.134. The number of hydrogen-bond acceptors (Lipinski definition) is 6. The van der Waals surface area contributed by atoms with Gasteiger partial charge in [0.05, 0.1) is 12.7 Å². The van der Waals surface area contributed by atoms with Crippen LogP contribution in [0.5, 0.6) is 5.75 Å². The first-order valence-corrected chi connectivity index (χ1v) is 8.98. The number of thiophene rings is 1. The maximum absolute atomic E-state index is 12.2. The second-order valence-corrected chi connectivity index (χ2v) is 6.43. The van der Waals surface area contributed by atoms with E-state index in [9.17, 15) is 9.59 Å². The van der Waals surface area contributed by atoms with Gasteiger partial charge in [-0.2, -0.15) is 11.3 Å². The van der Waals surface area contributed by atoms with Crippen molar-refractivity contribution in [3.8, 4) is 5.75 Å². The minimum absolute atomic E-state index is 0.155. The molecule has 6 nitrogen and oxygen atoms in total. The third-order valence-electron chi connectivity index (χ3n) is 4.15. The highest BCUT2D eigenvalue weighted by atomic mass is 32.1. The van der Waals surface area contributed by atoms with Crippen LogP contribution in [0, 0.1) is 0 Å².